The maximum absolute atomic E-state index is 12.2. The zero-order valence-corrected chi connectivity index (χ0v) is 14.7. The van der Waals surface area contributed by atoms with Crippen molar-refractivity contribution in [3.05, 3.63) is 52.5 Å². The molecule has 0 fully saturated rings. The van der Waals surface area contributed by atoms with Gasteiger partial charge in [-0.15, -0.1) is 0 Å². The summed E-state index contributed by atoms with van der Waals surface area (Å²) in [5.41, 5.74) is 2.48. The Kier molecular flexibility index (Phi) is 4.41. The summed E-state index contributed by atoms with van der Waals surface area (Å²) in [6.07, 6.45) is 0.827. The minimum atomic E-state index is -0.248. The lowest BCUT2D eigenvalue weighted by atomic mass is 10.0. The number of fused-ring (bicyclic) bond motifs is 1. The van der Waals surface area contributed by atoms with Gasteiger partial charge in [-0.2, -0.15) is 0 Å². The van der Waals surface area contributed by atoms with Crippen LogP contribution in [0.25, 0.3) is 0 Å². The minimum Gasteiger partial charge on any atom is -0.483 e. The molecule has 0 atom stereocenters. The molecule has 0 spiro atoms. The first kappa shape index (κ1) is 16.7. The van der Waals surface area contributed by atoms with Crippen molar-refractivity contribution in [2.75, 3.05) is 11.9 Å². The molecule has 24 heavy (non-hydrogen) atoms. The van der Waals surface area contributed by atoms with E-state index in [0.717, 1.165) is 23.3 Å². The second-order valence-corrected chi connectivity index (χ2v) is 7.02. The van der Waals surface area contributed by atoms with Gasteiger partial charge in [0, 0.05) is 22.7 Å². The molecule has 2 aromatic carbocycles. The molecule has 0 aliphatic carbocycles. The maximum atomic E-state index is 12.2. The number of carbonyl (C=O) groups is 1. The van der Waals surface area contributed by atoms with Crippen LogP contribution in [0.4, 0.5) is 5.69 Å². The third-order valence-electron chi connectivity index (χ3n) is 3.89. The number of aryl methyl sites for hydroxylation is 1. The molecule has 4 nitrogen and oxygen atoms in total. The van der Waals surface area contributed by atoms with Gasteiger partial charge in [-0.1, -0.05) is 29.8 Å². The van der Waals surface area contributed by atoms with Crippen LogP contribution in [0.5, 0.6) is 11.5 Å². The smallest absolute Gasteiger partial charge is 0.262 e. The van der Waals surface area contributed by atoms with E-state index in [9.17, 15) is 4.79 Å². The van der Waals surface area contributed by atoms with Crippen molar-refractivity contribution >= 4 is 23.2 Å². The second-order valence-electron chi connectivity index (χ2n) is 6.58. The molecule has 0 saturated heterocycles. The fourth-order valence-electron chi connectivity index (χ4n) is 2.76. The van der Waals surface area contributed by atoms with Gasteiger partial charge in [0.1, 0.15) is 5.60 Å². The monoisotopic (exact) mass is 345 g/mol. The van der Waals surface area contributed by atoms with Crippen LogP contribution in [0, 0.1) is 6.92 Å². The number of rotatable bonds is 4. The van der Waals surface area contributed by atoms with Gasteiger partial charge < -0.3 is 14.8 Å². The highest BCUT2D eigenvalue weighted by atomic mass is 35.5. The van der Waals surface area contributed by atoms with Gasteiger partial charge in [-0.3, -0.25) is 4.79 Å². The van der Waals surface area contributed by atoms with Gasteiger partial charge in [-0.05, 0) is 44.5 Å². The molecule has 0 unspecified atom stereocenters. The van der Waals surface area contributed by atoms with Crippen LogP contribution < -0.4 is 14.8 Å². The number of anilines is 1. The second kappa shape index (κ2) is 6.36. The van der Waals surface area contributed by atoms with Crippen LogP contribution in [-0.4, -0.2) is 18.1 Å². The first-order valence-electron chi connectivity index (χ1n) is 7.84. The molecule has 1 N–H and O–H groups in total. The maximum Gasteiger partial charge on any atom is 0.262 e. The molecule has 3 rings (SSSR count). The standard InChI is InChI=1S/C19H20ClNO3/c1-12-7-8-14(20)9-15(12)21-17(22)11-23-16-6-4-5-13-10-19(2,3)24-18(13)16/h4-9H,10-11H2,1-3H3,(H,21,22). The van der Waals surface area contributed by atoms with Gasteiger partial charge in [0.05, 0.1) is 0 Å². The van der Waals surface area contributed by atoms with Crippen LogP contribution in [0.2, 0.25) is 5.02 Å². The molecule has 0 radical (unpaired) electrons. The fraction of sp³-hybridized carbons (Fsp3) is 0.316. The van der Waals surface area contributed by atoms with Crippen molar-refractivity contribution in [3.8, 4) is 11.5 Å². The summed E-state index contributed by atoms with van der Waals surface area (Å²) in [5, 5.41) is 3.39. The highest BCUT2D eigenvalue weighted by Crippen LogP contribution is 2.41. The fourth-order valence-corrected chi connectivity index (χ4v) is 2.93. The Morgan fingerprint density at radius 2 is 2.12 bits per heavy atom. The highest BCUT2D eigenvalue weighted by Gasteiger charge is 2.32. The van der Waals surface area contributed by atoms with E-state index in [0.29, 0.717) is 16.5 Å². The van der Waals surface area contributed by atoms with E-state index >= 15 is 0 Å². The number of ether oxygens (including phenoxy) is 2. The predicted molar refractivity (Wildman–Crippen MR) is 95.2 cm³/mol. The Hall–Kier alpha value is -2.20. The number of carbonyl (C=O) groups excluding carboxylic acids is 1. The topological polar surface area (TPSA) is 47.6 Å². The van der Waals surface area contributed by atoms with E-state index in [4.69, 9.17) is 21.1 Å². The van der Waals surface area contributed by atoms with Gasteiger partial charge in [0.2, 0.25) is 0 Å². The van der Waals surface area contributed by atoms with Crippen molar-refractivity contribution in [3.63, 3.8) is 0 Å². The summed E-state index contributed by atoms with van der Waals surface area (Å²) in [5.74, 6) is 1.08. The lowest BCUT2D eigenvalue weighted by Crippen LogP contribution is -2.25. The quantitative estimate of drug-likeness (QED) is 0.894. The molecule has 126 valence electrons. The van der Waals surface area contributed by atoms with Crippen LogP contribution >= 0.6 is 11.6 Å². The van der Waals surface area contributed by atoms with Crippen LogP contribution in [0.1, 0.15) is 25.0 Å². The lowest BCUT2D eigenvalue weighted by Gasteiger charge is -2.18. The van der Waals surface area contributed by atoms with Crippen molar-refractivity contribution < 1.29 is 14.3 Å². The zero-order chi connectivity index (χ0) is 17.3. The third kappa shape index (κ3) is 3.65. The van der Waals surface area contributed by atoms with E-state index in [2.05, 4.69) is 5.32 Å². The summed E-state index contributed by atoms with van der Waals surface area (Å²) < 4.78 is 11.6. The first-order chi connectivity index (χ1) is 11.3. The molecule has 1 amide bonds. The summed E-state index contributed by atoms with van der Waals surface area (Å²) in [6, 6.07) is 11.1. The number of para-hydroxylation sites is 1. The Bertz CT molecular complexity index is 786. The third-order valence-corrected chi connectivity index (χ3v) is 4.12. The van der Waals surface area contributed by atoms with Crippen molar-refractivity contribution in [2.45, 2.75) is 32.8 Å². The Balaban J connectivity index is 1.66. The zero-order valence-electron chi connectivity index (χ0n) is 14.0. The average molecular weight is 346 g/mol. The Morgan fingerprint density at radius 1 is 1.33 bits per heavy atom. The van der Waals surface area contributed by atoms with Crippen molar-refractivity contribution in [1.82, 2.24) is 0 Å². The molecule has 1 aliphatic heterocycles. The Morgan fingerprint density at radius 3 is 2.92 bits per heavy atom. The van der Waals surface area contributed by atoms with E-state index in [-0.39, 0.29) is 18.1 Å². The summed E-state index contributed by atoms with van der Waals surface area (Å²) in [6.45, 7) is 5.88. The number of hydrogen-bond donors (Lipinski definition) is 1. The van der Waals surface area contributed by atoms with Crippen molar-refractivity contribution in [1.29, 1.82) is 0 Å². The summed E-state index contributed by atoms with van der Waals surface area (Å²) in [4.78, 5) is 12.2. The van der Waals surface area contributed by atoms with Crippen LogP contribution in [-0.2, 0) is 11.2 Å². The van der Waals surface area contributed by atoms with E-state index < -0.39 is 0 Å². The largest absolute Gasteiger partial charge is 0.483 e. The molecule has 0 bridgehead atoms. The molecule has 5 heteroatoms. The number of hydrogen-bond acceptors (Lipinski definition) is 3. The Labute approximate surface area is 146 Å². The lowest BCUT2D eigenvalue weighted by molar-refractivity contribution is -0.118. The molecule has 2 aromatic rings. The van der Waals surface area contributed by atoms with Crippen LogP contribution in [0.3, 0.4) is 0 Å². The first-order valence-corrected chi connectivity index (χ1v) is 8.21. The van der Waals surface area contributed by atoms with E-state index in [1.165, 1.54) is 0 Å². The number of amides is 1. The number of nitrogens with one attached hydrogen (secondary N) is 1. The van der Waals surface area contributed by atoms with E-state index in [1.807, 2.05) is 45.0 Å². The molecule has 1 heterocycles. The van der Waals surface area contributed by atoms with Crippen molar-refractivity contribution in [2.24, 2.45) is 0 Å². The summed E-state index contributed by atoms with van der Waals surface area (Å²) >= 11 is 5.96. The molecule has 0 saturated carbocycles. The molecular weight excluding hydrogens is 326 g/mol. The van der Waals surface area contributed by atoms with Gasteiger partial charge >= 0.3 is 0 Å². The molecular formula is C19H20ClNO3. The minimum absolute atomic E-state index is 0.0911. The number of benzene rings is 2. The molecule has 1 aliphatic rings. The SMILES string of the molecule is Cc1ccc(Cl)cc1NC(=O)COc1cccc2c1OC(C)(C)C2. The average Bonchev–Trinajstić information content (AvgIpc) is 2.83. The van der Waals surface area contributed by atoms with Gasteiger partial charge in [-0.25, -0.2) is 0 Å². The predicted octanol–water partition coefficient (Wildman–Crippen LogP) is 4.38. The molecule has 0 aromatic heterocycles. The summed E-state index contributed by atoms with van der Waals surface area (Å²) in [7, 11) is 0. The number of halogens is 1. The van der Waals surface area contributed by atoms with E-state index in [1.54, 1.807) is 12.1 Å². The van der Waals surface area contributed by atoms with Crippen LogP contribution in [0.15, 0.2) is 36.4 Å². The van der Waals surface area contributed by atoms with Gasteiger partial charge in [0.25, 0.3) is 5.91 Å². The normalized spacial score (nSPS) is 14.7. The highest BCUT2D eigenvalue weighted by molar-refractivity contribution is 6.31. The van der Waals surface area contributed by atoms with Gasteiger partial charge in [0.15, 0.2) is 18.1 Å².